The summed E-state index contributed by atoms with van der Waals surface area (Å²) in [5.41, 5.74) is 0.716. The summed E-state index contributed by atoms with van der Waals surface area (Å²) in [6.07, 6.45) is -0.640. The van der Waals surface area contributed by atoms with Gasteiger partial charge in [0.25, 0.3) is 5.91 Å². The Hall–Kier alpha value is -1.52. The molecule has 0 saturated carbocycles. The predicted octanol–water partition coefficient (Wildman–Crippen LogP) is 4.51. The van der Waals surface area contributed by atoms with Crippen LogP contribution in [0.15, 0.2) is 53.0 Å². The van der Waals surface area contributed by atoms with Crippen LogP contribution >= 0.6 is 27.5 Å². The maximum atomic E-state index is 12.0. The fourth-order valence-electron chi connectivity index (χ4n) is 1.56. The number of para-hydroxylation sites is 1. The SMILES string of the molecule is CC(Oc1ccccc1Cl)C(=O)Nc1ccc(Br)cc1. The fourth-order valence-corrected chi connectivity index (χ4v) is 2.01. The van der Waals surface area contributed by atoms with Crippen LogP contribution in [-0.4, -0.2) is 12.0 Å². The van der Waals surface area contributed by atoms with Crippen LogP contribution in [0.4, 0.5) is 5.69 Å². The van der Waals surface area contributed by atoms with Gasteiger partial charge in [-0.05, 0) is 43.3 Å². The van der Waals surface area contributed by atoms with Crippen LogP contribution in [-0.2, 0) is 4.79 Å². The molecule has 0 spiro atoms. The average Bonchev–Trinajstić information content (AvgIpc) is 2.44. The summed E-state index contributed by atoms with van der Waals surface area (Å²) in [4.78, 5) is 12.0. The number of anilines is 1. The molecule has 1 amide bonds. The van der Waals surface area contributed by atoms with E-state index in [9.17, 15) is 4.79 Å². The lowest BCUT2D eigenvalue weighted by atomic mass is 10.3. The fraction of sp³-hybridized carbons (Fsp3) is 0.133. The summed E-state index contributed by atoms with van der Waals surface area (Å²) in [6.45, 7) is 1.68. The summed E-state index contributed by atoms with van der Waals surface area (Å²) in [6, 6.07) is 14.4. The first kappa shape index (κ1) is 14.9. The summed E-state index contributed by atoms with van der Waals surface area (Å²) < 4.78 is 6.50. The molecule has 1 atom stereocenters. The second-order valence-corrected chi connectivity index (χ2v) is 5.51. The first-order valence-corrected chi connectivity index (χ1v) is 7.21. The molecule has 2 aromatic rings. The zero-order valence-electron chi connectivity index (χ0n) is 10.8. The number of halogens is 2. The van der Waals surface area contributed by atoms with Crippen molar-refractivity contribution in [2.45, 2.75) is 13.0 Å². The number of benzene rings is 2. The lowest BCUT2D eigenvalue weighted by Crippen LogP contribution is -2.30. The molecule has 2 aromatic carbocycles. The Morgan fingerprint density at radius 1 is 1.20 bits per heavy atom. The van der Waals surface area contributed by atoms with Crippen molar-refractivity contribution in [3.8, 4) is 5.75 Å². The quantitative estimate of drug-likeness (QED) is 0.877. The summed E-state index contributed by atoms with van der Waals surface area (Å²) in [5, 5.41) is 3.26. The number of carbonyl (C=O) groups excluding carboxylic acids is 1. The van der Waals surface area contributed by atoms with Crippen molar-refractivity contribution in [3.63, 3.8) is 0 Å². The Bertz CT molecular complexity index is 601. The third kappa shape index (κ3) is 3.99. The van der Waals surface area contributed by atoms with Gasteiger partial charge in [-0.1, -0.05) is 39.7 Å². The van der Waals surface area contributed by atoms with Crippen LogP contribution in [0.25, 0.3) is 0 Å². The molecule has 0 radical (unpaired) electrons. The standard InChI is InChI=1S/C15H13BrClNO2/c1-10(20-14-5-3-2-4-13(14)17)15(19)18-12-8-6-11(16)7-9-12/h2-10H,1H3,(H,18,19). The zero-order chi connectivity index (χ0) is 14.5. The van der Waals surface area contributed by atoms with Gasteiger partial charge in [0.15, 0.2) is 6.10 Å². The number of hydrogen-bond donors (Lipinski definition) is 1. The highest BCUT2D eigenvalue weighted by atomic mass is 79.9. The van der Waals surface area contributed by atoms with E-state index in [0.29, 0.717) is 16.5 Å². The average molecular weight is 355 g/mol. The van der Waals surface area contributed by atoms with Gasteiger partial charge in [0.2, 0.25) is 0 Å². The number of nitrogens with one attached hydrogen (secondary N) is 1. The molecule has 2 rings (SSSR count). The summed E-state index contributed by atoms with van der Waals surface area (Å²) in [5.74, 6) is 0.264. The molecule has 1 N–H and O–H groups in total. The van der Waals surface area contributed by atoms with Crippen molar-refractivity contribution in [2.24, 2.45) is 0 Å². The second kappa shape index (κ2) is 6.77. The minimum atomic E-state index is -0.640. The van der Waals surface area contributed by atoms with E-state index in [4.69, 9.17) is 16.3 Å². The van der Waals surface area contributed by atoms with E-state index in [-0.39, 0.29) is 5.91 Å². The maximum absolute atomic E-state index is 12.0. The molecule has 1 unspecified atom stereocenters. The van der Waals surface area contributed by atoms with Crippen molar-refractivity contribution in [1.82, 2.24) is 0 Å². The third-order valence-corrected chi connectivity index (χ3v) is 3.46. The van der Waals surface area contributed by atoms with Crippen LogP contribution in [0.2, 0.25) is 5.02 Å². The van der Waals surface area contributed by atoms with E-state index in [1.165, 1.54) is 0 Å². The van der Waals surface area contributed by atoms with Gasteiger partial charge >= 0.3 is 0 Å². The van der Waals surface area contributed by atoms with E-state index >= 15 is 0 Å². The highest BCUT2D eigenvalue weighted by molar-refractivity contribution is 9.10. The molecule has 3 nitrogen and oxygen atoms in total. The van der Waals surface area contributed by atoms with E-state index in [0.717, 1.165) is 4.47 Å². The molecule has 0 aliphatic carbocycles. The number of ether oxygens (including phenoxy) is 1. The highest BCUT2D eigenvalue weighted by Gasteiger charge is 2.16. The van der Waals surface area contributed by atoms with Gasteiger partial charge < -0.3 is 10.1 Å². The van der Waals surface area contributed by atoms with Crippen molar-refractivity contribution in [1.29, 1.82) is 0 Å². The first-order valence-electron chi connectivity index (χ1n) is 6.04. The molecular weight excluding hydrogens is 342 g/mol. The van der Waals surface area contributed by atoms with E-state index in [1.54, 1.807) is 25.1 Å². The predicted molar refractivity (Wildman–Crippen MR) is 84.3 cm³/mol. The molecule has 0 aliphatic heterocycles. The molecule has 0 bridgehead atoms. The minimum Gasteiger partial charge on any atom is -0.479 e. The number of carbonyl (C=O) groups is 1. The van der Waals surface area contributed by atoms with Crippen LogP contribution in [0.3, 0.4) is 0 Å². The Labute approximate surface area is 131 Å². The molecule has 0 heterocycles. The molecule has 5 heteroatoms. The van der Waals surface area contributed by atoms with Gasteiger partial charge in [0.1, 0.15) is 5.75 Å². The zero-order valence-corrected chi connectivity index (χ0v) is 13.1. The van der Waals surface area contributed by atoms with Crippen molar-refractivity contribution < 1.29 is 9.53 Å². The van der Waals surface area contributed by atoms with Gasteiger partial charge in [-0.15, -0.1) is 0 Å². The first-order chi connectivity index (χ1) is 9.56. The topological polar surface area (TPSA) is 38.3 Å². The minimum absolute atomic E-state index is 0.229. The summed E-state index contributed by atoms with van der Waals surface area (Å²) >= 11 is 9.33. The van der Waals surface area contributed by atoms with E-state index < -0.39 is 6.10 Å². The number of hydrogen-bond acceptors (Lipinski definition) is 2. The van der Waals surface area contributed by atoms with E-state index in [1.807, 2.05) is 30.3 Å². The Morgan fingerprint density at radius 2 is 1.85 bits per heavy atom. The van der Waals surface area contributed by atoms with Gasteiger partial charge in [-0.2, -0.15) is 0 Å². The molecule has 0 aromatic heterocycles. The van der Waals surface area contributed by atoms with Crippen LogP contribution in [0, 0.1) is 0 Å². The summed E-state index contributed by atoms with van der Waals surface area (Å²) in [7, 11) is 0. The van der Waals surface area contributed by atoms with Crippen molar-refractivity contribution in [2.75, 3.05) is 5.32 Å². The Morgan fingerprint density at radius 3 is 2.50 bits per heavy atom. The monoisotopic (exact) mass is 353 g/mol. The van der Waals surface area contributed by atoms with Gasteiger partial charge in [-0.3, -0.25) is 4.79 Å². The lowest BCUT2D eigenvalue weighted by molar-refractivity contribution is -0.122. The van der Waals surface area contributed by atoms with Crippen molar-refractivity contribution in [3.05, 3.63) is 58.0 Å². The Balaban J connectivity index is 1.99. The van der Waals surface area contributed by atoms with Crippen LogP contribution in [0.5, 0.6) is 5.75 Å². The highest BCUT2D eigenvalue weighted by Crippen LogP contribution is 2.24. The third-order valence-electron chi connectivity index (χ3n) is 2.62. The van der Waals surface area contributed by atoms with Crippen molar-refractivity contribution >= 4 is 39.1 Å². The lowest BCUT2D eigenvalue weighted by Gasteiger charge is -2.15. The molecule has 0 saturated heterocycles. The van der Waals surface area contributed by atoms with Crippen LogP contribution in [0.1, 0.15) is 6.92 Å². The number of rotatable bonds is 4. The molecule has 104 valence electrons. The smallest absolute Gasteiger partial charge is 0.265 e. The van der Waals surface area contributed by atoms with Gasteiger partial charge in [0.05, 0.1) is 5.02 Å². The molecule has 0 aliphatic rings. The number of amides is 1. The van der Waals surface area contributed by atoms with Gasteiger partial charge in [-0.25, -0.2) is 0 Å². The maximum Gasteiger partial charge on any atom is 0.265 e. The normalized spacial score (nSPS) is 11.8. The molecule has 20 heavy (non-hydrogen) atoms. The van der Waals surface area contributed by atoms with Crippen LogP contribution < -0.4 is 10.1 Å². The molecule has 0 fully saturated rings. The Kier molecular flexibility index (Phi) is 5.04. The van der Waals surface area contributed by atoms with Gasteiger partial charge in [0, 0.05) is 10.2 Å². The second-order valence-electron chi connectivity index (χ2n) is 4.19. The molecular formula is C15H13BrClNO2. The van der Waals surface area contributed by atoms with E-state index in [2.05, 4.69) is 21.2 Å². The largest absolute Gasteiger partial charge is 0.479 e.